The van der Waals surface area contributed by atoms with Crippen LogP contribution in [-0.4, -0.2) is 92.8 Å². The van der Waals surface area contributed by atoms with Crippen molar-refractivity contribution in [2.75, 3.05) is 38.9 Å². The molecule has 2 saturated heterocycles. The van der Waals surface area contributed by atoms with E-state index in [0.717, 1.165) is 44.6 Å². The fraction of sp³-hybridized carbons (Fsp3) is 1.00. The Balaban J connectivity index is 2.21. The second-order valence-corrected chi connectivity index (χ2v) is 12.9. The monoisotopic (exact) mass is 574 g/mol. The molecule has 5 atom stereocenters. The van der Waals surface area contributed by atoms with Crippen molar-refractivity contribution < 1.29 is 48.9 Å². The van der Waals surface area contributed by atoms with Gasteiger partial charge in [-0.05, 0) is 64.2 Å². The summed E-state index contributed by atoms with van der Waals surface area (Å²) in [4.78, 5) is 0. The Morgan fingerprint density at radius 2 is 1.35 bits per heavy atom. The van der Waals surface area contributed by atoms with Gasteiger partial charge in [-0.25, -0.2) is 0 Å². The molecule has 0 aromatic heterocycles. The third-order valence-electron chi connectivity index (χ3n) is 6.25. The normalized spacial score (nSPS) is 24.1. The van der Waals surface area contributed by atoms with E-state index in [1.54, 1.807) is 0 Å². The van der Waals surface area contributed by atoms with Crippen molar-refractivity contribution in [2.24, 2.45) is 0 Å². The van der Waals surface area contributed by atoms with Crippen molar-refractivity contribution in [3.8, 4) is 0 Å². The highest BCUT2D eigenvalue weighted by Crippen LogP contribution is 2.25. The highest BCUT2D eigenvalue weighted by Gasteiger charge is 2.39. The Labute approximate surface area is 223 Å². The molecule has 0 N–H and O–H groups in total. The molecule has 2 heterocycles. The van der Waals surface area contributed by atoms with E-state index >= 15 is 0 Å². The maximum Gasteiger partial charge on any atom is 0.264 e. The quantitative estimate of drug-likeness (QED) is 0.177. The average molecular weight is 575 g/mol. The minimum Gasteiger partial charge on any atom is -0.370 e. The van der Waals surface area contributed by atoms with Gasteiger partial charge in [0.2, 0.25) is 0 Å². The van der Waals surface area contributed by atoms with Crippen molar-refractivity contribution in [2.45, 2.75) is 115 Å². The summed E-state index contributed by atoms with van der Waals surface area (Å²) in [6, 6.07) is 0. The summed E-state index contributed by atoms with van der Waals surface area (Å²) in [7, 11) is -7.95. The van der Waals surface area contributed by atoms with Crippen LogP contribution in [0.2, 0.25) is 0 Å². The lowest BCUT2D eigenvalue weighted by atomic mass is 10.0. The lowest BCUT2D eigenvalue weighted by Gasteiger charge is -2.35. The molecule has 2 aliphatic rings. The van der Waals surface area contributed by atoms with Gasteiger partial charge < -0.3 is 23.7 Å². The first kappa shape index (κ1) is 32.8. The molecule has 2 rings (SSSR count). The van der Waals surface area contributed by atoms with E-state index in [2.05, 4.69) is 0 Å². The molecule has 0 amide bonds. The first-order valence-corrected chi connectivity index (χ1v) is 17.0. The number of ether oxygens (including phenoxy) is 5. The van der Waals surface area contributed by atoms with Gasteiger partial charge in [0.25, 0.3) is 20.2 Å². The molecular formula is C24H46O11S2. The van der Waals surface area contributed by atoms with Gasteiger partial charge in [-0.15, -0.1) is 0 Å². The summed E-state index contributed by atoms with van der Waals surface area (Å²) in [6.07, 6.45) is 4.90. The topological polar surface area (TPSA) is 133 Å². The Hall–Kier alpha value is -0.380. The SMILES string of the molecule is CCC(CC)O[C@H](COC1CCCCO1)[C@@H](OS(C)(=O)=O)[C@@H](CCCOC1CCCCO1)OS(C)(=O)=O. The zero-order chi connectivity index (χ0) is 27.3. The highest BCUT2D eigenvalue weighted by molar-refractivity contribution is 7.86. The van der Waals surface area contributed by atoms with E-state index in [-0.39, 0.29) is 25.4 Å². The van der Waals surface area contributed by atoms with Gasteiger partial charge >= 0.3 is 0 Å². The summed E-state index contributed by atoms with van der Waals surface area (Å²) >= 11 is 0. The molecule has 2 unspecified atom stereocenters. The maximum absolute atomic E-state index is 12.3. The number of hydrogen-bond acceptors (Lipinski definition) is 11. The van der Waals surface area contributed by atoms with Crippen LogP contribution in [0.15, 0.2) is 0 Å². The van der Waals surface area contributed by atoms with Crippen LogP contribution in [0.4, 0.5) is 0 Å². The van der Waals surface area contributed by atoms with E-state index in [4.69, 9.17) is 32.1 Å². The van der Waals surface area contributed by atoms with Crippen LogP contribution in [0.5, 0.6) is 0 Å². The molecule has 0 spiro atoms. The predicted octanol–water partition coefficient (Wildman–Crippen LogP) is 3.12. The van der Waals surface area contributed by atoms with E-state index in [1.165, 1.54) is 0 Å². The first-order chi connectivity index (χ1) is 17.5. The van der Waals surface area contributed by atoms with Gasteiger partial charge in [-0.2, -0.15) is 16.8 Å². The smallest absolute Gasteiger partial charge is 0.264 e. The van der Waals surface area contributed by atoms with Crippen LogP contribution in [0.25, 0.3) is 0 Å². The Kier molecular flexibility index (Phi) is 14.8. The Bertz CT molecular complexity index is 818. The van der Waals surface area contributed by atoms with Crippen LogP contribution in [0, 0.1) is 0 Å². The Morgan fingerprint density at radius 3 is 1.84 bits per heavy atom. The van der Waals surface area contributed by atoms with Crippen LogP contribution >= 0.6 is 0 Å². The highest BCUT2D eigenvalue weighted by atomic mass is 32.2. The zero-order valence-electron chi connectivity index (χ0n) is 22.7. The van der Waals surface area contributed by atoms with Crippen LogP contribution in [0.3, 0.4) is 0 Å². The predicted molar refractivity (Wildman–Crippen MR) is 137 cm³/mol. The van der Waals surface area contributed by atoms with Crippen molar-refractivity contribution in [3.05, 3.63) is 0 Å². The number of hydrogen-bond donors (Lipinski definition) is 0. The lowest BCUT2D eigenvalue weighted by Crippen LogP contribution is -2.48. The summed E-state index contributed by atoms with van der Waals surface area (Å²) < 4.78 is 89.0. The molecule has 220 valence electrons. The van der Waals surface area contributed by atoms with Crippen LogP contribution in [-0.2, 0) is 52.3 Å². The van der Waals surface area contributed by atoms with Gasteiger partial charge in [-0.1, -0.05) is 13.8 Å². The van der Waals surface area contributed by atoms with Crippen molar-refractivity contribution in [3.63, 3.8) is 0 Å². The van der Waals surface area contributed by atoms with Gasteiger partial charge in [-0.3, -0.25) is 8.37 Å². The molecule has 37 heavy (non-hydrogen) atoms. The molecule has 13 heteroatoms. The average Bonchev–Trinajstić information content (AvgIpc) is 2.85. The zero-order valence-corrected chi connectivity index (χ0v) is 24.3. The minimum absolute atomic E-state index is 0.0443. The third-order valence-corrected chi connectivity index (χ3v) is 7.42. The van der Waals surface area contributed by atoms with E-state index in [0.29, 0.717) is 45.5 Å². The van der Waals surface area contributed by atoms with Crippen molar-refractivity contribution in [1.29, 1.82) is 0 Å². The molecule has 2 aliphatic heterocycles. The maximum atomic E-state index is 12.3. The van der Waals surface area contributed by atoms with E-state index in [1.807, 2.05) is 13.8 Å². The van der Waals surface area contributed by atoms with Crippen LogP contribution < -0.4 is 0 Å². The fourth-order valence-electron chi connectivity index (χ4n) is 4.38. The molecule has 0 radical (unpaired) electrons. The molecule has 0 saturated carbocycles. The van der Waals surface area contributed by atoms with Gasteiger partial charge in [0.05, 0.1) is 25.2 Å². The van der Waals surface area contributed by atoms with Gasteiger partial charge in [0.1, 0.15) is 18.3 Å². The molecule has 0 aliphatic carbocycles. The van der Waals surface area contributed by atoms with E-state index < -0.39 is 44.8 Å². The standard InChI is InChI=1S/C24H46O11S2/c1-5-19(6-2)33-21(18-32-23-14-8-10-16-30-23)24(35-37(4,27)28)20(34-36(3,25)26)12-11-17-31-22-13-7-9-15-29-22/h19-24H,5-18H2,1-4H3/t20-,21-,22?,23?,24+/m1/s1. The second-order valence-electron chi connectivity index (χ2n) is 9.66. The summed E-state index contributed by atoms with van der Waals surface area (Å²) in [6.45, 7) is 5.39. The summed E-state index contributed by atoms with van der Waals surface area (Å²) in [5.41, 5.74) is 0. The van der Waals surface area contributed by atoms with Gasteiger partial charge in [0, 0.05) is 19.8 Å². The summed E-state index contributed by atoms with van der Waals surface area (Å²) in [5.74, 6) is 0. The van der Waals surface area contributed by atoms with Gasteiger partial charge in [0.15, 0.2) is 12.6 Å². The fourth-order valence-corrected chi connectivity index (χ4v) is 5.69. The molecular weight excluding hydrogens is 528 g/mol. The molecule has 0 aromatic carbocycles. The third kappa shape index (κ3) is 14.0. The largest absolute Gasteiger partial charge is 0.370 e. The number of rotatable bonds is 18. The second kappa shape index (κ2) is 16.7. The molecule has 2 fully saturated rings. The molecule has 11 nitrogen and oxygen atoms in total. The Morgan fingerprint density at radius 1 is 0.784 bits per heavy atom. The van der Waals surface area contributed by atoms with Crippen LogP contribution in [0.1, 0.15) is 78.1 Å². The first-order valence-electron chi connectivity index (χ1n) is 13.4. The van der Waals surface area contributed by atoms with Crippen molar-refractivity contribution in [1.82, 2.24) is 0 Å². The molecule has 0 bridgehead atoms. The summed E-state index contributed by atoms with van der Waals surface area (Å²) in [5, 5.41) is 0. The minimum atomic E-state index is -4.00. The molecule has 0 aromatic rings. The van der Waals surface area contributed by atoms with Crippen molar-refractivity contribution >= 4 is 20.2 Å². The van der Waals surface area contributed by atoms with E-state index in [9.17, 15) is 16.8 Å². The lowest BCUT2D eigenvalue weighted by molar-refractivity contribution is -0.200.